The highest BCUT2D eigenvalue weighted by Gasteiger charge is 2.19. The molecule has 0 aliphatic carbocycles. The van der Waals surface area contributed by atoms with Crippen LogP contribution >= 0.6 is 0 Å². The second-order valence-corrected chi connectivity index (χ2v) is 4.81. The lowest BCUT2D eigenvalue weighted by Gasteiger charge is -2.26. The molecule has 18 heavy (non-hydrogen) atoms. The van der Waals surface area contributed by atoms with Crippen molar-refractivity contribution in [2.45, 2.75) is 26.0 Å². The fourth-order valence-corrected chi connectivity index (χ4v) is 1.88. The first-order chi connectivity index (χ1) is 8.75. The first-order valence-corrected chi connectivity index (χ1v) is 6.58. The molecule has 100 valence electrons. The quantitative estimate of drug-likeness (QED) is 0.749. The monoisotopic (exact) mass is 250 g/mol. The molecule has 2 N–H and O–H groups in total. The average Bonchev–Trinajstić information content (AvgIpc) is 2.38. The Morgan fingerprint density at radius 1 is 1.22 bits per heavy atom. The van der Waals surface area contributed by atoms with Crippen LogP contribution in [0.5, 0.6) is 11.5 Å². The van der Waals surface area contributed by atoms with E-state index in [1.54, 1.807) is 0 Å². The smallest absolute Gasteiger partial charge is 0.161 e. The van der Waals surface area contributed by atoms with E-state index < -0.39 is 0 Å². The minimum Gasteiger partial charge on any atom is -0.486 e. The maximum absolute atomic E-state index is 5.85. The summed E-state index contributed by atoms with van der Waals surface area (Å²) in [5.74, 6) is 1.69. The van der Waals surface area contributed by atoms with E-state index in [0.29, 0.717) is 12.6 Å². The molecule has 0 aromatic heterocycles. The number of para-hydroxylation sites is 2. The molecule has 0 saturated heterocycles. The third-order valence-electron chi connectivity index (χ3n) is 2.79. The Balaban J connectivity index is 1.67. The predicted molar refractivity (Wildman–Crippen MR) is 72.4 cm³/mol. The minimum atomic E-state index is 0.0962. The third kappa shape index (κ3) is 3.89. The van der Waals surface area contributed by atoms with E-state index in [1.807, 2.05) is 24.3 Å². The highest BCUT2D eigenvalue weighted by atomic mass is 16.6. The van der Waals surface area contributed by atoms with E-state index in [0.717, 1.165) is 31.1 Å². The summed E-state index contributed by atoms with van der Waals surface area (Å²) in [6.07, 6.45) is 0.0962. The van der Waals surface area contributed by atoms with E-state index >= 15 is 0 Å². The maximum Gasteiger partial charge on any atom is 0.161 e. The average molecular weight is 250 g/mol. The van der Waals surface area contributed by atoms with Gasteiger partial charge in [-0.3, -0.25) is 0 Å². The lowest BCUT2D eigenvalue weighted by Crippen LogP contribution is -2.41. The number of hydrogen-bond donors (Lipinski definition) is 2. The van der Waals surface area contributed by atoms with E-state index in [9.17, 15) is 0 Å². The number of hydrogen-bond acceptors (Lipinski definition) is 4. The van der Waals surface area contributed by atoms with Gasteiger partial charge in [-0.25, -0.2) is 0 Å². The SMILES string of the molecule is CC(C)NCCNCC1COc2ccccc2O1. The van der Waals surface area contributed by atoms with Crippen molar-refractivity contribution >= 4 is 0 Å². The summed E-state index contributed by atoms with van der Waals surface area (Å²) >= 11 is 0. The summed E-state index contributed by atoms with van der Waals surface area (Å²) in [7, 11) is 0. The fourth-order valence-electron chi connectivity index (χ4n) is 1.88. The van der Waals surface area contributed by atoms with Crippen LogP contribution in [-0.4, -0.2) is 38.4 Å². The van der Waals surface area contributed by atoms with Crippen LogP contribution in [0.2, 0.25) is 0 Å². The van der Waals surface area contributed by atoms with Crippen molar-refractivity contribution in [2.75, 3.05) is 26.2 Å². The van der Waals surface area contributed by atoms with Crippen molar-refractivity contribution < 1.29 is 9.47 Å². The molecule has 1 aromatic rings. The van der Waals surface area contributed by atoms with Crippen LogP contribution in [0, 0.1) is 0 Å². The van der Waals surface area contributed by atoms with Gasteiger partial charge in [0.15, 0.2) is 11.5 Å². The topological polar surface area (TPSA) is 42.5 Å². The number of fused-ring (bicyclic) bond motifs is 1. The molecular formula is C14H22N2O2. The van der Waals surface area contributed by atoms with Gasteiger partial charge < -0.3 is 20.1 Å². The number of rotatable bonds is 6. The highest BCUT2D eigenvalue weighted by molar-refractivity contribution is 5.40. The Morgan fingerprint density at radius 3 is 2.78 bits per heavy atom. The molecule has 1 aliphatic rings. The molecule has 1 unspecified atom stereocenters. The van der Waals surface area contributed by atoms with Crippen molar-refractivity contribution in [3.05, 3.63) is 24.3 Å². The highest BCUT2D eigenvalue weighted by Crippen LogP contribution is 2.30. The molecule has 4 heteroatoms. The van der Waals surface area contributed by atoms with Gasteiger partial charge in [0.1, 0.15) is 12.7 Å². The van der Waals surface area contributed by atoms with Gasteiger partial charge in [0.05, 0.1) is 0 Å². The number of ether oxygens (including phenoxy) is 2. The molecule has 0 saturated carbocycles. The Hall–Kier alpha value is -1.26. The molecular weight excluding hydrogens is 228 g/mol. The van der Waals surface area contributed by atoms with Gasteiger partial charge in [-0.2, -0.15) is 0 Å². The van der Waals surface area contributed by atoms with Crippen molar-refractivity contribution in [1.82, 2.24) is 10.6 Å². The zero-order valence-electron chi connectivity index (χ0n) is 11.1. The molecule has 1 atom stereocenters. The Kier molecular flexibility index (Phi) is 4.84. The fraction of sp³-hybridized carbons (Fsp3) is 0.571. The van der Waals surface area contributed by atoms with E-state index in [2.05, 4.69) is 24.5 Å². The molecule has 4 nitrogen and oxygen atoms in total. The van der Waals surface area contributed by atoms with Gasteiger partial charge in [0, 0.05) is 25.7 Å². The second-order valence-electron chi connectivity index (χ2n) is 4.81. The van der Waals surface area contributed by atoms with Crippen LogP contribution in [0.1, 0.15) is 13.8 Å². The van der Waals surface area contributed by atoms with Gasteiger partial charge in [-0.05, 0) is 12.1 Å². The van der Waals surface area contributed by atoms with Crippen LogP contribution in [-0.2, 0) is 0 Å². The summed E-state index contributed by atoms with van der Waals surface area (Å²) in [4.78, 5) is 0. The maximum atomic E-state index is 5.85. The first kappa shape index (κ1) is 13.2. The Labute approximate surface area is 109 Å². The van der Waals surface area contributed by atoms with Crippen LogP contribution < -0.4 is 20.1 Å². The lowest BCUT2D eigenvalue weighted by molar-refractivity contribution is 0.0906. The largest absolute Gasteiger partial charge is 0.486 e. The van der Waals surface area contributed by atoms with Crippen molar-refractivity contribution in [3.63, 3.8) is 0 Å². The summed E-state index contributed by atoms with van der Waals surface area (Å²) in [5, 5.41) is 6.74. The van der Waals surface area contributed by atoms with Gasteiger partial charge in [-0.1, -0.05) is 26.0 Å². The van der Waals surface area contributed by atoms with Crippen molar-refractivity contribution in [3.8, 4) is 11.5 Å². The lowest BCUT2D eigenvalue weighted by atomic mass is 10.2. The van der Waals surface area contributed by atoms with Crippen LogP contribution in [0.15, 0.2) is 24.3 Å². The number of benzene rings is 1. The van der Waals surface area contributed by atoms with Gasteiger partial charge in [0.25, 0.3) is 0 Å². The third-order valence-corrected chi connectivity index (χ3v) is 2.79. The van der Waals surface area contributed by atoms with E-state index in [4.69, 9.17) is 9.47 Å². The molecule has 1 aromatic carbocycles. The van der Waals surface area contributed by atoms with Gasteiger partial charge in [0.2, 0.25) is 0 Å². The van der Waals surface area contributed by atoms with Crippen LogP contribution in [0.25, 0.3) is 0 Å². The molecule has 1 heterocycles. The first-order valence-electron chi connectivity index (χ1n) is 6.58. The predicted octanol–water partition coefficient (Wildman–Crippen LogP) is 1.41. The molecule has 0 amide bonds. The molecule has 2 rings (SSSR count). The second kappa shape index (κ2) is 6.61. The van der Waals surface area contributed by atoms with Crippen LogP contribution in [0.4, 0.5) is 0 Å². The Bertz CT molecular complexity index is 369. The minimum absolute atomic E-state index is 0.0962. The summed E-state index contributed by atoms with van der Waals surface area (Å²) in [6.45, 7) is 7.64. The number of nitrogens with one attached hydrogen (secondary N) is 2. The van der Waals surface area contributed by atoms with Crippen LogP contribution in [0.3, 0.4) is 0 Å². The molecule has 1 aliphatic heterocycles. The van der Waals surface area contributed by atoms with E-state index in [-0.39, 0.29) is 6.10 Å². The molecule has 0 radical (unpaired) electrons. The molecule has 0 bridgehead atoms. The summed E-state index contributed by atoms with van der Waals surface area (Å²) < 4.78 is 11.5. The summed E-state index contributed by atoms with van der Waals surface area (Å²) in [6, 6.07) is 8.34. The summed E-state index contributed by atoms with van der Waals surface area (Å²) in [5.41, 5.74) is 0. The molecule has 0 fully saturated rings. The van der Waals surface area contributed by atoms with Gasteiger partial charge in [-0.15, -0.1) is 0 Å². The molecule has 0 spiro atoms. The van der Waals surface area contributed by atoms with Crippen molar-refractivity contribution in [2.24, 2.45) is 0 Å². The standard InChI is InChI=1S/C14H22N2O2/c1-11(2)16-8-7-15-9-12-10-17-13-5-3-4-6-14(13)18-12/h3-6,11-12,15-16H,7-10H2,1-2H3. The van der Waals surface area contributed by atoms with Gasteiger partial charge >= 0.3 is 0 Å². The zero-order valence-corrected chi connectivity index (χ0v) is 11.1. The van der Waals surface area contributed by atoms with Crippen molar-refractivity contribution in [1.29, 1.82) is 0 Å². The zero-order chi connectivity index (χ0) is 12.8. The normalized spacial score (nSPS) is 18.1. The van der Waals surface area contributed by atoms with E-state index in [1.165, 1.54) is 0 Å². The Morgan fingerprint density at radius 2 is 2.00 bits per heavy atom.